The SMILES string of the molecule is CCN1CCc2cc(S(=O)(=O)Nc3cccc(NC(=O)C(C)(C)CO)c3)ccc21. The van der Waals surface area contributed by atoms with Crippen LogP contribution in [-0.4, -0.2) is 39.1 Å². The highest BCUT2D eigenvalue weighted by atomic mass is 32.2. The van der Waals surface area contributed by atoms with Crippen molar-refractivity contribution >= 4 is 33.0 Å². The van der Waals surface area contributed by atoms with Crippen molar-refractivity contribution in [2.45, 2.75) is 32.1 Å². The first-order valence-electron chi connectivity index (χ1n) is 9.59. The fourth-order valence-corrected chi connectivity index (χ4v) is 4.29. The summed E-state index contributed by atoms with van der Waals surface area (Å²) < 4.78 is 28.3. The van der Waals surface area contributed by atoms with Gasteiger partial charge in [-0.25, -0.2) is 8.42 Å². The molecule has 29 heavy (non-hydrogen) atoms. The highest BCUT2D eigenvalue weighted by Gasteiger charge is 2.27. The van der Waals surface area contributed by atoms with E-state index in [0.29, 0.717) is 11.4 Å². The normalized spacial score (nSPS) is 13.9. The van der Waals surface area contributed by atoms with Crippen LogP contribution in [0.25, 0.3) is 0 Å². The van der Waals surface area contributed by atoms with Gasteiger partial charge in [-0.3, -0.25) is 9.52 Å². The highest BCUT2D eigenvalue weighted by Crippen LogP contribution is 2.30. The fourth-order valence-electron chi connectivity index (χ4n) is 3.19. The van der Waals surface area contributed by atoms with Gasteiger partial charge in [0.1, 0.15) is 0 Å². The van der Waals surface area contributed by atoms with E-state index in [9.17, 15) is 18.3 Å². The molecule has 0 saturated carbocycles. The van der Waals surface area contributed by atoms with Crippen LogP contribution >= 0.6 is 0 Å². The number of sulfonamides is 1. The summed E-state index contributed by atoms with van der Waals surface area (Å²) in [6.07, 6.45) is 0.828. The molecule has 3 rings (SSSR count). The van der Waals surface area contributed by atoms with E-state index >= 15 is 0 Å². The Balaban J connectivity index is 1.79. The maximum Gasteiger partial charge on any atom is 0.261 e. The Kier molecular flexibility index (Phi) is 5.86. The standard InChI is InChI=1S/C21H27N3O4S/c1-4-24-11-10-15-12-18(8-9-19(15)24)29(27,28)23-17-7-5-6-16(13-17)22-20(26)21(2,3)14-25/h5-9,12-13,23,25H,4,10-11,14H2,1-3H3,(H,22,26). The quantitative estimate of drug-likeness (QED) is 0.643. The molecule has 0 unspecified atom stereocenters. The third-order valence-electron chi connectivity index (χ3n) is 5.12. The number of aliphatic hydroxyl groups is 1. The lowest BCUT2D eigenvalue weighted by atomic mass is 9.93. The first-order valence-corrected chi connectivity index (χ1v) is 11.1. The van der Waals surface area contributed by atoms with Crippen molar-refractivity contribution in [2.75, 3.05) is 34.6 Å². The molecule has 0 bridgehead atoms. The van der Waals surface area contributed by atoms with Gasteiger partial charge in [0, 0.05) is 24.5 Å². The summed E-state index contributed by atoms with van der Waals surface area (Å²) in [5, 5.41) is 12.0. The number of likely N-dealkylation sites (N-methyl/N-ethyl adjacent to an activating group) is 1. The molecule has 2 aromatic carbocycles. The molecule has 3 N–H and O–H groups in total. The molecule has 0 spiro atoms. The molecule has 0 saturated heterocycles. The summed E-state index contributed by atoms with van der Waals surface area (Å²) in [6.45, 7) is 6.83. The van der Waals surface area contributed by atoms with E-state index < -0.39 is 15.4 Å². The van der Waals surface area contributed by atoms with Gasteiger partial charge in [0.05, 0.1) is 22.6 Å². The van der Waals surface area contributed by atoms with Crippen molar-refractivity contribution in [1.29, 1.82) is 0 Å². The van der Waals surface area contributed by atoms with Crippen molar-refractivity contribution < 1.29 is 18.3 Å². The van der Waals surface area contributed by atoms with E-state index in [1.807, 2.05) is 6.07 Å². The van der Waals surface area contributed by atoms with Crippen molar-refractivity contribution in [1.82, 2.24) is 0 Å². The molecule has 156 valence electrons. The van der Waals surface area contributed by atoms with Crippen LogP contribution in [-0.2, 0) is 21.2 Å². The minimum atomic E-state index is -3.76. The Morgan fingerprint density at radius 1 is 1.17 bits per heavy atom. The van der Waals surface area contributed by atoms with Gasteiger partial charge in [0.25, 0.3) is 10.0 Å². The van der Waals surface area contributed by atoms with Gasteiger partial charge in [-0.1, -0.05) is 6.07 Å². The number of hydrogen-bond donors (Lipinski definition) is 3. The molecule has 0 fully saturated rings. The zero-order valence-corrected chi connectivity index (χ0v) is 17.7. The number of carbonyl (C=O) groups is 1. The Labute approximate surface area is 171 Å². The second kappa shape index (κ2) is 8.04. The predicted molar refractivity (Wildman–Crippen MR) is 115 cm³/mol. The summed E-state index contributed by atoms with van der Waals surface area (Å²) in [4.78, 5) is 14.7. The van der Waals surface area contributed by atoms with Crippen LogP contribution in [0.2, 0.25) is 0 Å². The van der Waals surface area contributed by atoms with E-state index in [0.717, 1.165) is 30.8 Å². The Hall–Kier alpha value is -2.58. The average Bonchev–Trinajstić information content (AvgIpc) is 3.10. The number of carbonyl (C=O) groups excluding carboxylic acids is 1. The lowest BCUT2D eigenvalue weighted by molar-refractivity contribution is -0.125. The van der Waals surface area contributed by atoms with Crippen molar-refractivity contribution in [3.63, 3.8) is 0 Å². The number of anilines is 3. The summed E-state index contributed by atoms with van der Waals surface area (Å²) >= 11 is 0. The molecule has 1 aliphatic rings. The number of nitrogens with zero attached hydrogens (tertiary/aromatic N) is 1. The van der Waals surface area contributed by atoms with Crippen LogP contribution < -0.4 is 14.9 Å². The number of benzene rings is 2. The van der Waals surface area contributed by atoms with E-state index in [-0.39, 0.29) is 17.4 Å². The van der Waals surface area contributed by atoms with Crippen LogP contribution in [0, 0.1) is 5.41 Å². The van der Waals surface area contributed by atoms with Gasteiger partial charge in [0.2, 0.25) is 5.91 Å². The second-order valence-electron chi connectivity index (χ2n) is 7.80. The van der Waals surface area contributed by atoms with Crippen LogP contribution in [0.15, 0.2) is 47.4 Å². The molecule has 0 radical (unpaired) electrons. The summed E-state index contributed by atoms with van der Waals surface area (Å²) in [6, 6.07) is 11.7. The van der Waals surface area contributed by atoms with E-state index in [1.165, 1.54) is 0 Å². The number of amides is 1. The maximum atomic E-state index is 12.8. The number of fused-ring (bicyclic) bond motifs is 1. The lowest BCUT2D eigenvalue weighted by Gasteiger charge is -2.20. The topological polar surface area (TPSA) is 98.7 Å². The molecule has 7 nitrogen and oxygen atoms in total. The molecular weight excluding hydrogens is 390 g/mol. The van der Waals surface area contributed by atoms with Crippen LogP contribution in [0.4, 0.5) is 17.1 Å². The van der Waals surface area contributed by atoms with Gasteiger partial charge in [-0.15, -0.1) is 0 Å². The lowest BCUT2D eigenvalue weighted by Crippen LogP contribution is -2.33. The fraction of sp³-hybridized carbons (Fsp3) is 0.381. The van der Waals surface area contributed by atoms with Crippen molar-refractivity contribution in [3.05, 3.63) is 48.0 Å². The van der Waals surface area contributed by atoms with Gasteiger partial charge in [0.15, 0.2) is 0 Å². The summed E-state index contributed by atoms with van der Waals surface area (Å²) in [5.41, 5.74) is 1.97. The Morgan fingerprint density at radius 2 is 1.90 bits per heavy atom. The zero-order valence-electron chi connectivity index (χ0n) is 16.9. The average molecular weight is 418 g/mol. The molecule has 1 aliphatic heterocycles. The molecular formula is C21H27N3O4S. The predicted octanol–water partition coefficient (Wildman–Crippen LogP) is 2.83. The smallest absolute Gasteiger partial charge is 0.261 e. The number of hydrogen-bond acceptors (Lipinski definition) is 5. The van der Waals surface area contributed by atoms with Crippen LogP contribution in [0.5, 0.6) is 0 Å². The molecule has 0 atom stereocenters. The van der Waals surface area contributed by atoms with Gasteiger partial charge >= 0.3 is 0 Å². The Morgan fingerprint density at radius 3 is 2.59 bits per heavy atom. The summed E-state index contributed by atoms with van der Waals surface area (Å²) in [7, 11) is -3.76. The minimum Gasteiger partial charge on any atom is -0.395 e. The molecule has 1 heterocycles. The largest absolute Gasteiger partial charge is 0.395 e. The summed E-state index contributed by atoms with van der Waals surface area (Å²) in [5.74, 6) is -0.348. The first kappa shape index (κ1) is 21.1. The zero-order chi connectivity index (χ0) is 21.2. The van der Waals surface area contributed by atoms with Crippen molar-refractivity contribution in [2.24, 2.45) is 5.41 Å². The third-order valence-corrected chi connectivity index (χ3v) is 6.50. The van der Waals surface area contributed by atoms with E-state index in [2.05, 4.69) is 21.9 Å². The Bertz CT molecular complexity index is 1020. The number of nitrogens with one attached hydrogen (secondary N) is 2. The van der Waals surface area contributed by atoms with Crippen LogP contribution in [0.3, 0.4) is 0 Å². The van der Waals surface area contributed by atoms with Gasteiger partial charge < -0.3 is 15.3 Å². The monoisotopic (exact) mass is 417 g/mol. The van der Waals surface area contributed by atoms with Gasteiger partial charge in [-0.05, 0) is 69.2 Å². The molecule has 8 heteroatoms. The van der Waals surface area contributed by atoms with E-state index in [1.54, 1.807) is 50.2 Å². The van der Waals surface area contributed by atoms with Crippen LogP contribution in [0.1, 0.15) is 26.3 Å². The molecule has 2 aromatic rings. The van der Waals surface area contributed by atoms with Gasteiger partial charge in [-0.2, -0.15) is 0 Å². The molecule has 0 aliphatic carbocycles. The molecule has 0 aromatic heterocycles. The molecule has 1 amide bonds. The first-order chi connectivity index (χ1) is 13.7. The highest BCUT2D eigenvalue weighted by molar-refractivity contribution is 7.92. The number of rotatable bonds is 7. The van der Waals surface area contributed by atoms with Crippen molar-refractivity contribution in [3.8, 4) is 0 Å². The number of aliphatic hydroxyl groups excluding tert-OH is 1. The van der Waals surface area contributed by atoms with E-state index in [4.69, 9.17) is 0 Å². The maximum absolute atomic E-state index is 12.8. The second-order valence-corrected chi connectivity index (χ2v) is 9.49. The third kappa shape index (κ3) is 4.54. The minimum absolute atomic E-state index is 0.213.